The van der Waals surface area contributed by atoms with Crippen LogP contribution in [0.3, 0.4) is 0 Å². The van der Waals surface area contributed by atoms with Crippen LogP contribution in [0, 0.1) is 23.7 Å². The molecule has 19 nitrogen and oxygen atoms in total. The number of thiazole rings is 1. The van der Waals surface area contributed by atoms with E-state index in [4.69, 9.17) is 26.8 Å². The quantitative estimate of drug-likeness (QED) is 0.0411. The summed E-state index contributed by atoms with van der Waals surface area (Å²) in [5, 5.41) is 20.4. The Kier molecular flexibility index (Phi) is 19.0. The molecule has 9 rings (SSSR count). The molecule has 4 amide bonds. The first-order chi connectivity index (χ1) is 38.8. The number of aliphatic hydroxyl groups excluding tert-OH is 1. The van der Waals surface area contributed by atoms with E-state index in [-0.39, 0.29) is 56.9 Å². The normalized spacial score (nSPS) is 19.2. The molecular weight excluding hydrogens is 1100 g/mol. The molecule has 434 valence electrons. The van der Waals surface area contributed by atoms with Crippen LogP contribution in [0.2, 0.25) is 5.02 Å². The number of rotatable bonds is 22. The molecule has 4 fully saturated rings. The molecule has 6 heterocycles. The second kappa shape index (κ2) is 25.9. The van der Waals surface area contributed by atoms with E-state index < -0.39 is 47.0 Å². The summed E-state index contributed by atoms with van der Waals surface area (Å²) in [5.41, 5.74) is 8.16. The number of ether oxygens (including phenoxy) is 2. The van der Waals surface area contributed by atoms with Crippen LogP contribution in [-0.4, -0.2) is 135 Å². The van der Waals surface area contributed by atoms with E-state index in [9.17, 15) is 28.7 Å². The van der Waals surface area contributed by atoms with E-state index in [1.807, 2.05) is 49.5 Å². The number of carbonyl (C=O) groups is 4. The van der Waals surface area contributed by atoms with Gasteiger partial charge in [-0.1, -0.05) is 69.3 Å². The molecule has 0 spiro atoms. The van der Waals surface area contributed by atoms with Crippen LogP contribution in [0.4, 0.5) is 21.8 Å². The average molecular weight is 1170 g/mol. The summed E-state index contributed by atoms with van der Waals surface area (Å²) in [6.45, 7) is 13.8. The molecule has 0 radical (unpaired) electrons. The van der Waals surface area contributed by atoms with Crippen LogP contribution in [0.15, 0.2) is 76.6 Å². The SMILES string of the molecule is Cc1ncsc1-c1ccc(CNC(=O)[C@@H]2C[C@@H](O)CN2C(=O)[C@@H](NC(=O)C2(F)CC2)C(C)(C)C)c(OCCOc2cnc(N3CCC(CCCC(=O)Nc4cccc(Sc5cnc(N6CCC(C)(CN)CC6)cn5)c4Cl)CC3)nc2)c1. The first-order valence-corrected chi connectivity index (χ1v) is 30.0. The molecule has 3 saturated heterocycles. The Hall–Kier alpha value is -6.20. The van der Waals surface area contributed by atoms with Crippen molar-refractivity contribution in [1.29, 1.82) is 0 Å². The zero-order valence-electron chi connectivity index (χ0n) is 46.7. The van der Waals surface area contributed by atoms with Gasteiger partial charge in [0, 0.05) is 62.6 Å². The third-order valence-electron chi connectivity index (χ3n) is 15.9. The third-order valence-corrected chi connectivity index (χ3v) is 18.3. The average Bonchev–Trinajstić information content (AvgIpc) is 4.16. The Bertz CT molecular complexity index is 3000. The fraction of sp³-hybridized carbons (Fsp3) is 0.534. The van der Waals surface area contributed by atoms with Gasteiger partial charge in [0.15, 0.2) is 11.4 Å². The van der Waals surface area contributed by atoms with Gasteiger partial charge in [-0.15, -0.1) is 11.3 Å². The highest BCUT2D eigenvalue weighted by Crippen LogP contribution is 2.41. The van der Waals surface area contributed by atoms with Crippen molar-refractivity contribution in [2.24, 2.45) is 22.5 Å². The van der Waals surface area contributed by atoms with Gasteiger partial charge < -0.3 is 51.0 Å². The number of alkyl halides is 1. The summed E-state index contributed by atoms with van der Waals surface area (Å²) in [6.07, 6.45) is 12.2. The molecule has 1 saturated carbocycles. The van der Waals surface area contributed by atoms with Gasteiger partial charge in [-0.3, -0.25) is 19.2 Å². The fourth-order valence-corrected chi connectivity index (χ4v) is 12.3. The molecule has 23 heteroatoms. The Labute approximate surface area is 486 Å². The van der Waals surface area contributed by atoms with Crippen molar-refractivity contribution in [2.45, 2.75) is 139 Å². The summed E-state index contributed by atoms with van der Waals surface area (Å²) in [7, 11) is 0. The lowest BCUT2D eigenvalue weighted by atomic mass is 9.80. The standard InChI is InChI=1S/C58H74ClFN12O7S2/c1-36-50(80-35-67-36)38-12-13-39(28-64-52(75)43-27-40(73)33-72(43)53(76)51(56(2,3)4)69-54(77)58(60)16-17-58)44(26-38)79-25-24-78-41-29-65-55(66-30-41)71-20-14-37(15-21-71)8-6-11-47(74)68-42-9-7-10-45(49(42)59)81-48-32-62-46(31-63-48)70-22-18-57(5,34-61)19-23-70/h7,9-10,12-13,26,29-32,35,37,40,43,51,73H,6,8,11,14-25,27-28,33-34,61H2,1-5H3,(H,64,75)(H,68,74)(H,69,77)/t40-,43+,51-/m1/s1. The van der Waals surface area contributed by atoms with E-state index in [1.165, 1.54) is 28.0 Å². The number of aliphatic hydroxyl groups is 1. The Balaban J connectivity index is 0.706. The van der Waals surface area contributed by atoms with E-state index in [2.05, 4.69) is 57.6 Å². The molecule has 3 aliphatic heterocycles. The second-order valence-electron chi connectivity index (χ2n) is 23.2. The lowest BCUT2D eigenvalue weighted by molar-refractivity contribution is -0.145. The summed E-state index contributed by atoms with van der Waals surface area (Å²) < 4.78 is 27.0. The van der Waals surface area contributed by atoms with E-state index in [0.717, 1.165) is 96.6 Å². The lowest BCUT2D eigenvalue weighted by Gasteiger charge is -2.39. The molecule has 3 atom stereocenters. The summed E-state index contributed by atoms with van der Waals surface area (Å²) in [5.74, 6) is 0.994. The van der Waals surface area contributed by atoms with Crippen LogP contribution in [-0.2, 0) is 25.7 Å². The summed E-state index contributed by atoms with van der Waals surface area (Å²) in [6, 6.07) is 9.17. The number of nitrogens with two attached hydrogens (primary N) is 1. The van der Waals surface area contributed by atoms with Crippen molar-refractivity contribution in [3.8, 4) is 21.9 Å². The first-order valence-electron chi connectivity index (χ1n) is 27.9. The van der Waals surface area contributed by atoms with Crippen molar-refractivity contribution in [1.82, 2.24) is 40.5 Å². The highest BCUT2D eigenvalue weighted by atomic mass is 35.5. The fourth-order valence-electron chi connectivity index (χ4n) is 10.4. The number of hydrogen-bond donors (Lipinski definition) is 5. The van der Waals surface area contributed by atoms with Gasteiger partial charge in [-0.2, -0.15) is 0 Å². The van der Waals surface area contributed by atoms with Crippen molar-refractivity contribution in [2.75, 3.05) is 67.6 Å². The van der Waals surface area contributed by atoms with E-state index in [0.29, 0.717) is 52.6 Å². The number of carbonyl (C=O) groups excluding carboxylic acids is 4. The molecule has 1 aliphatic carbocycles. The van der Waals surface area contributed by atoms with Crippen LogP contribution in [0.1, 0.15) is 103 Å². The topological polar surface area (TPSA) is 243 Å². The Morgan fingerprint density at radius 3 is 2.36 bits per heavy atom. The molecule has 2 aromatic carbocycles. The van der Waals surface area contributed by atoms with Gasteiger partial charge in [-0.05, 0) is 105 Å². The van der Waals surface area contributed by atoms with Crippen molar-refractivity contribution in [3.63, 3.8) is 0 Å². The molecule has 4 aliphatic rings. The molecule has 81 heavy (non-hydrogen) atoms. The van der Waals surface area contributed by atoms with E-state index >= 15 is 0 Å². The number of aryl methyl sites for hydroxylation is 1. The second-order valence-corrected chi connectivity index (χ2v) is 25.5. The molecule has 0 bridgehead atoms. The van der Waals surface area contributed by atoms with Crippen molar-refractivity contribution >= 4 is 75.8 Å². The maximum atomic E-state index is 14.7. The monoisotopic (exact) mass is 1170 g/mol. The first kappa shape index (κ1) is 59.4. The minimum absolute atomic E-state index is 0.00523. The molecular formula is C58H74ClFN12O7S2. The molecule has 5 aromatic rings. The lowest BCUT2D eigenvalue weighted by Crippen LogP contribution is -2.59. The van der Waals surface area contributed by atoms with E-state index in [1.54, 1.807) is 44.9 Å². The number of halogens is 2. The largest absolute Gasteiger partial charge is 0.490 e. The zero-order chi connectivity index (χ0) is 57.5. The number of aromatic nitrogens is 5. The predicted molar refractivity (Wildman–Crippen MR) is 311 cm³/mol. The summed E-state index contributed by atoms with van der Waals surface area (Å²) in [4.78, 5) is 84.1. The maximum absolute atomic E-state index is 14.7. The van der Waals surface area contributed by atoms with Crippen molar-refractivity contribution in [3.05, 3.63) is 83.0 Å². The summed E-state index contributed by atoms with van der Waals surface area (Å²) >= 11 is 9.72. The van der Waals surface area contributed by atoms with Gasteiger partial charge in [0.2, 0.25) is 23.7 Å². The van der Waals surface area contributed by atoms with Gasteiger partial charge >= 0.3 is 0 Å². The minimum atomic E-state index is -1.98. The molecule has 3 aromatic heterocycles. The number of anilines is 3. The van der Waals surface area contributed by atoms with Gasteiger partial charge in [-0.25, -0.2) is 29.3 Å². The molecule has 0 unspecified atom stereocenters. The Morgan fingerprint density at radius 1 is 0.951 bits per heavy atom. The minimum Gasteiger partial charge on any atom is -0.490 e. The van der Waals surface area contributed by atoms with Crippen molar-refractivity contribution < 1.29 is 38.1 Å². The highest BCUT2D eigenvalue weighted by molar-refractivity contribution is 7.99. The van der Waals surface area contributed by atoms with Crippen LogP contribution < -0.4 is 41.0 Å². The molecule has 6 N–H and O–H groups in total. The number of hydrogen-bond acceptors (Lipinski definition) is 17. The predicted octanol–water partition coefficient (Wildman–Crippen LogP) is 8.16. The number of nitrogens with zero attached hydrogens (tertiary/aromatic N) is 8. The third kappa shape index (κ3) is 15.1. The number of nitrogens with one attached hydrogen (secondary N) is 3. The number of amides is 4. The number of likely N-dealkylation sites (tertiary alicyclic amines) is 1. The van der Waals surface area contributed by atoms with Crippen LogP contribution in [0.5, 0.6) is 11.5 Å². The number of β-amino-alcohol motifs (C(OH)–C–C–N with tert-alkyl or cyclic N) is 1. The smallest absolute Gasteiger partial charge is 0.258 e. The zero-order valence-corrected chi connectivity index (χ0v) is 49.1. The van der Waals surface area contributed by atoms with Gasteiger partial charge in [0.1, 0.15) is 41.9 Å². The Morgan fingerprint density at radius 2 is 1.69 bits per heavy atom. The van der Waals surface area contributed by atoms with Gasteiger partial charge in [0.25, 0.3) is 5.91 Å². The van der Waals surface area contributed by atoms with Crippen LogP contribution >= 0.6 is 34.7 Å². The maximum Gasteiger partial charge on any atom is 0.258 e. The number of benzene rings is 2. The van der Waals surface area contributed by atoms with Crippen LogP contribution in [0.25, 0.3) is 10.4 Å². The number of piperidine rings is 2. The van der Waals surface area contributed by atoms with Gasteiger partial charge in [0.05, 0.1) is 57.7 Å². The highest BCUT2D eigenvalue weighted by Gasteiger charge is 2.53.